The summed E-state index contributed by atoms with van der Waals surface area (Å²) >= 11 is 0. The lowest BCUT2D eigenvalue weighted by Crippen LogP contribution is -2.28. The smallest absolute Gasteiger partial charge is 0.252 e. The van der Waals surface area contributed by atoms with Crippen molar-refractivity contribution >= 4 is 22.4 Å². The van der Waals surface area contributed by atoms with Crippen molar-refractivity contribution in [2.45, 2.75) is 46.2 Å². The molecule has 1 saturated heterocycles. The highest BCUT2D eigenvalue weighted by atomic mass is 16.1. The molecule has 3 aromatic carbocycles. The fourth-order valence-electron chi connectivity index (χ4n) is 4.35. The van der Waals surface area contributed by atoms with Crippen LogP contribution in [0.25, 0.3) is 10.8 Å². The average molecular weight is 440 g/mol. The molecule has 0 saturated carbocycles. The third-order valence-electron chi connectivity index (χ3n) is 6.18. The normalized spacial score (nSPS) is 16.3. The van der Waals surface area contributed by atoms with Crippen LogP contribution in [0.4, 0.5) is 5.69 Å². The molecule has 4 rings (SSSR count). The number of carbonyl (C=O) groups excluding carboxylic acids is 1. The number of hydrogen-bond donors (Lipinski definition) is 3. The standard InChI is InChI=1S/C29H33N3O/c1-19(2)9-11-22-12-14-25(27-8-6-5-7-26(22)27)21(4)31-29(33)28-17-23(13-10-20(28)3)32-24-15-16-30-18-24/h5-8,10,12-14,17,19,21,24,30,32H,15-16,18H2,1-4H3,(H,31,33). The van der Waals surface area contributed by atoms with Gasteiger partial charge < -0.3 is 16.0 Å². The van der Waals surface area contributed by atoms with E-state index >= 15 is 0 Å². The first kappa shape index (κ1) is 22.9. The van der Waals surface area contributed by atoms with Gasteiger partial charge >= 0.3 is 0 Å². The van der Waals surface area contributed by atoms with Crippen molar-refractivity contribution in [3.05, 3.63) is 76.9 Å². The lowest BCUT2D eigenvalue weighted by molar-refractivity contribution is 0.0939. The van der Waals surface area contributed by atoms with Gasteiger partial charge in [0.2, 0.25) is 0 Å². The number of amides is 1. The van der Waals surface area contributed by atoms with Crippen LogP contribution in [0.3, 0.4) is 0 Å². The second-order valence-corrected chi connectivity index (χ2v) is 9.23. The van der Waals surface area contributed by atoms with Crippen molar-refractivity contribution in [1.82, 2.24) is 10.6 Å². The number of hydrogen-bond acceptors (Lipinski definition) is 3. The van der Waals surface area contributed by atoms with Gasteiger partial charge in [0.15, 0.2) is 0 Å². The number of fused-ring (bicyclic) bond motifs is 1. The molecule has 2 unspecified atom stereocenters. The summed E-state index contributed by atoms with van der Waals surface area (Å²) < 4.78 is 0. The Bertz CT molecular complexity index is 1210. The maximum atomic E-state index is 13.2. The highest BCUT2D eigenvalue weighted by Crippen LogP contribution is 2.28. The van der Waals surface area contributed by atoms with E-state index in [4.69, 9.17) is 0 Å². The zero-order valence-electron chi connectivity index (χ0n) is 20.0. The van der Waals surface area contributed by atoms with Crippen LogP contribution in [0.1, 0.15) is 60.3 Å². The summed E-state index contributed by atoms with van der Waals surface area (Å²) in [4.78, 5) is 13.2. The van der Waals surface area contributed by atoms with Crippen molar-refractivity contribution in [3.8, 4) is 11.8 Å². The van der Waals surface area contributed by atoms with Crippen molar-refractivity contribution in [2.75, 3.05) is 18.4 Å². The van der Waals surface area contributed by atoms with Crippen molar-refractivity contribution < 1.29 is 4.79 Å². The largest absolute Gasteiger partial charge is 0.381 e. The number of carbonyl (C=O) groups is 1. The Labute approximate surface area is 197 Å². The van der Waals surface area contributed by atoms with Crippen LogP contribution < -0.4 is 16.0 Å². The third-order valence-corrected chi connectivity index (χ3v) is 6.18. The number of anilines is 1. The van der Waals surface area contributed by atoms with E-state index in [1.54, 1.807) is 0 Å². The van der Waals surface area contributed by atoms with E-state index in [1.807, 2.05) is 38.1 Å². The van der Waals surface area contributed by atoms with Gasteiger partial charge in [-0.15, -0.1) is 0 Å². The SMILES string of the molecule is Cc1ccc(NC2CCNC2)cc1C(=O)NC(C)c1ccc(C#CC(C)C)c2ccccc12. The molecule has 1 heterocycles. The zero-order valence-corrected chi connectivity index (χ0v) is 20.0. The number of rotatable bonds is 5. The van der Waals surface area contributed by atoms with Crippen molar-refractivity contribution in [2.24, 2.45) is 5.92 Å². The predicted octanol–water partition coefficient (Wildman–Crippen LogP) is 5.42. The Morgan fingerprint density at radius 3 is 2.58 bits per heavy atom. The second-order valence-electron chi connectivity index (χ2n) is 9.23. The molecule has 33 heavy (non-hydrogen) atoms. The first-order chi connectivity index (χ1) is 15.9. The minimum absolute atomic E-state index is 0.0547. The molecule has 2 atom stereocenters. The molecule has 3 aromatic rings. The lowest BCUT2D eigenvalue weighted by atomic mass is 9.95. The van der Waals surface area contributed by atoms with Crippen LogP contribution in [-0.4, -0.2) is 25.0 Å². The van der Waals surface area contributed by atoms with Crippen molar-refractivity contribution in [1.29, 1.82) is 0 Å². The van der Waals surface area contributed by atoms with E-state index in [-0.39, 0.29) is 11.9 Å². The maximum Gasteiger partial charge on any atom is 0.252 e. The van der Waals surface area contributed by atoms with E-state index in [0.29, 0.717) is 17.5 Å². The molecule has 0 bridgehead atoms. The van der Waals surface area contributed by atoms with E-state index in [2.05, 4.69) is 72.0 Å². The van der Waals surface area contributed by atoms with E-state index in [1.165, 1.54) is 0 Å². The molecule has 1 aliphatic rings. The monoisotopic (exact) mass is 439 g/mol. The fourth-order valence-corrected chi connectivity index (χ4v) is 4.35. The van der Waals surface area contributed by atoms with Crippen LogP contribution in [0.15, 0.2) is 54.6 Å². The second kappa shape index (κ2) is 10.1. The van der Waals surface area contributed by atoms with Gasteiger partial charge in [-0.2, -0.15) is 0 Å². The summed E-state index contributed by atoms with van der Waals surface area (Å²) in [5, 5.41) is 12.4. The number of nitrogens with one attached hydrogen (secondary N) is 3. The molecule has 4 nitrogen and oxygen atoms in total. The highest BCUT2D eigenvalue weighted by molar-refractivity contribution is 5.97. The van der Waals surface area contributed by atoms with Crippen LogP contribution in [0.5, 0.6) is 0 Å². The summed E-state index contributed by atoms with van der Waals surface area (Å²) in [5.41, 5.74) is 4.79. The molecule has 170 valence electrons. The van der Waals surface area contributed by atoms with Crippen LogP contribution in [0.2, 0.25) is 0 Å². The molecule has 0 radical (unpaired) electrons. The molecule has 0 aromatic heterocycles. The van der Waals surface area contributed by atoms with E-state index in [0.717, 1.165) is 52.7 Å². The van der Waals surface area contributed by atoms with E-state index in [9.17, 15) is 4.79 Å². The van der Waals surface area contributed by atoms with Gasteiger partial charge in [-0.3, -0.25) is 4.79 Å². The molecule has 0 spiro atoms. The van der Waals surface area contributed by atoms with Crippen LogP contribution >= 0.6 is 0 Å². The molecular weight excluding hydrogens is 406 g/mol. The van der Waals surface area contributed by atoms with Gasteiger partial charge in [0.1, 0.15) is 0 Å². The Morgan fingerprint density at radius 2 is 1.85 bits per heavy atom. The Hall–Kier alpha value is -3.29. The Balaban J connectivity index is 1.57. The van der Waals surface area contributed by atoms with Gasteiger partial charge in [-0.05, 0) is 66.9 Å². The molecule has 4 heteroatoms. The summed E-state index contributed by atoms with van der Waals surface area (Å²) in [6.45, 7) is 10.2. The third kappa shape index (κ3) is 5.38. The first-order valence-electron chi connectivity index (χ1n) is 11.8. The fraction of sp³-hybridized carbons (Fsp3) is 0.345. The van der Waals surface area contributed by atoms with Crippen LogP contribution in [-0.2, 0) is 0 Å². The minimum atomic E-state index is -0.135. The molecule has 1 amide bonds. The summed E-state index contributed by atoms with van der Waals surface area (Å²) in [7, 11) is 0. The highest BCUT2D eigenvalue weighted by Gasteiger charge is 2.18. The van der Waals surface area contributed by atoms with Gasteiger partial charge in [0.25, 0.3) is 5.91 Å². The summed E-state index contributed by atoms with van der Waals surface area (Å²) in [6, 6.07) is 18.8. The maximum absolute atomic E-state index is 13.2. The Kier molecular flexibility index (Phi) is 7.01. The summed E-state index contributed by atoms with van der Waals surface area (Å²) in [6.07, 6.45) is 1.09. The molecule has 1 aliphatic heterocycles. The van der Waals surface area contributed by atoms with Gasteiger partial charge in [0, 0.05) is 35.3 Å². The first-order valence-corrected chi connectivity index (χ1v) is 11.8. The van der Waals surface area contributed by atoms with Crippen LogP contribution in [0, 0.1) is 24.7 Å². The van der Waals surface area contributed by atoms with Gasteiger partial charge in [0.05, 0.1) is 6.04 Å². The molecular formula is C29H33N3O. The number of benzene rings is 3. The predicted molar refractivity (Wildman–Crippen MR) is 138 cm³/mol. The van der Waals surface area contributed by atoms with Gasteiger partial charge in [-0.1, -0.05) is 62.1 Å². The topological polar surface area (TPSA) is 53.2 Å². The Morgan fingerprint density at radius 1 is 1.06 bits per heavy atom. The zero-order chi connectivity index (χ0) is 23.4. The van der Waals surface area contributed by atoms with Crippen molar-refractivity contribution in [3.63, 3.8) is 0 Å². The van der Waals surface area contributed by atoms with E-state index < -0.39 is 0 Å². The lowest BCUT2D eigenvalue weighted by Gasteiger charge is -2.19. The van der Waals surface area contributed by atoms with Gasteiger partial charge in [-0.25, -0.2) is 0 Å². The summed E-state index contributed by atoms with van der Waals surface area (Å²) in [5.74, 6) is 6.84. The quantitative estimate of drug-likeness (QED) is 0.465. The molecule has 3 N–H and O–H groups in total. The average Bonchev–Trinajstić information content (AvgIpc) is 3.31. The molecule has 1 fully saturated rings. The minimum Gasteiger partial charge on any atom is -0.381 e. The molecule has 0 aliphatic carbocycles. The number of aryl methyl sites for hydroxylation is 1.